The van der Waals surface area contributed by atoms with Crippen LogP contribution in [0.2, 0.25) is 10.0 Å². The molecule has 1 aromatic heterocycles. The maximum atomic E-state index is 12.5. The molecule has 0 radical (unpaired) electrons. The number of rotatable bonds is 7. The molecule has 0 aliphatic rings. The van der Waals surface area contributed by atoms with E-state index in [1.54, 1.807) is 25.1 Å². The average Bonchev–Trinajstić information content (AvgIpc) is 2.99. The van der Waals surface area contributed by atoms with Crippen LogP contribution in [0.5, 0.6) is 0 Å². The monoisotopic (exact) mass is 375 g/mol. The third-order valence-corrected chi connectivity index (χ3v) is 6.28. The molecule has 0 saturated heterocycles. The van der Waals surface area contributed by atoms with Crippen LogP contribution >= 0.6 is 23.2 Å². The van der Waals surface area contributed by atoms with E-state index < -0.39 is 22.0 Å². The van der Waals surface area contributed by atoms with Crippen LogP contribution in [0.15, 0.2) is 30.9 Å². The van der Waals surface area contributed by atoms with Gasteiger partial charge in [0.15, 0.2) is 5.60 Å². The van der Waals surface area contributed by atoms with Gasteiger partial charge in [-0.3, -0.25) is 0 Å². The molecule has 126 valence electrons. The third kappa shape index (κ3) is 4.19. The van der Waals surface area contributed by atoms with Crippen LogP contribution in [0.3, 0.4) is 0 Å². The highest BCUT2D eigenvalue weighted by atomic mass is 35.5. The predicted molar refractivity (Wildman–Crippen MR) is 93.1 cm³/mol. The van der Waals surface area contributed by atoms with Crippen molar-refractivity contribution in [2.75, 3.05) is 5.75 Å². The summed E-state index contributed by atoms with van der Waals surface area (Å²) in [5.41, 5.74) is -0.967. The summed E-state index contributed by atoms with van der Waals surface area (Å²) in [6.07, 6.45) is 3.66. The summed E-state index contributed by atoms with van der Waals surface area (Å²) < 4.78 is 14.0. The fraction of sp³-hybridized carbons (Fsp3) is 0.467. The van der Waals surface area contributed by atoms with Crippen molar-refractivity contribution in [3.63, 3.8) is 0 Å². The predicted octanol–water partition coefficient (Wildman–Crippen LogP) is 3.02. The number of hydrogen-bond acceptors (Lipinski definition) is 4. The molecule has 5 nitrogen and oxygen atoms in total. The number of nitrogens with zero attached hydrogens (tertiary/aromatic N) is 3. The maximum absolute atomic E-state index is 12.5. The summed E-state index contributed by atoms with van der Waals surface area (Å²) in [4.78, 5) is 3.89. The van der Waals surface area contributed by atoms with Crippen molar-refractivity contribution in [3.8, 4) is 0 Å². The van der Waals surface area contributed by atoms with Gasteiger partial charge in [-0.1, -0.05) is 36.2 Å². The van der Waals surface area contributed by atoms with Crippen LogP contribution in [0.25, 0.3) is 0 Å². The van der Waals surface area contributed by atoms with Crippen LogP contribution in [0, 0.1) is 0 Å². The van der Waals surface area contributed by atoms with Gasteiger partial charge in [0.05, 0.1) is 6.54 Å². The molecule has 1 aromatic carbocycles. The summed E-state index contributed by atoms with van der Waals surface area (Å²) in [6, 6.07) is 4.89. The van der Waals surface area contributed by atoms with E-state index >= 15 is 0 Å². The fourth-order valence-corrected chi connectivity index (χ4v) is 4.39. The summed E-state index contributed by atoms with van der Waals surface area (Å²) in [7, 11) is 0. The normalized spacial score (nSPS) is 16.8. The van der Waals surface area contributed by atoms with Gasteiger partial charge >= 0.3 is 0 Å². The zero-order valence-corrected chi connectivity index (χ0v) is 15.3. The Hall–Kier alpha value is -0.790. The zero-order chi connectivity index (χ0) is 17.0. The molecule has 3 atom stereocenters. The first kappa shape index (κ1) is 18.5. The van der Waals surface area contributed by atoms with Crippen molar-refractivity contribution < 1.29 is 9.66 Å². The van der Waals surface area contributed by atoms with E-state index in [-0.39, 0.29) is 6.54 Å². The number of aromatic nitrogens is 3. The molecule has 0 bridgehead atoms. The summed E-state index contributed by atoms with van der Waals surface area (Å²) in [5.74, 6) is 0.506. The highest BCUT2D eigenvalue weighted by Crippen LogP contribution is 2.37. The van der Waals surface area contributed by atoms with Gasteiger partial charge in [-0.05, 0) is 36.7 Å². The van der Waals surface area contributed by atoms with Gasteiger partial charge in [0, 0.05) is 15.6 Å². The van der Waals surface area contributed by atoms with E-state index in [4.69, 9.17) is 23.2 Å². The molecule has 3 unspecified atom stereocenters. The third-order valence-electron chi connectivity index (χ3n) is 3.74. The molecular formula is C15H19Cl2N3O2S. The van der Waals surface area contributed by atoms with Crippen LogP contribution in [0.1, 0.15) is 25.8 Å². The fourth-order valence-electron chi connectivity index (χ4n) is 2.43. The molecule has 0 fully saturated rings. The lowest BCUT2D eigenvalue weighted by Crippen LogP contribution is -2.47. The lowest BCUT2D eigenvalue weighted by atomic mass is 9.90. The number of aliphatic hydroxyl groups is 1. The summed E-state index contributed by atoms with van der Waals surface area (Å²) in [5, 5.41) is 15.7. The molecule has 1 N–H and O–H groups in total. The minimum Gasteiger partial charge on any atom is -0.616 e. The topological polar surface area (TPSA) is 74.0 Å². The SMILES string of the molecule is CCC[S+]([O-])C(C)C(O)(Cn1cncn1)c1ccc(Cl)cc1Cl. The van der Waals surface area contributed by atoms with E-state index in [1.807, 2.05) is 6.92 Å². The molecular weight excluding hydrogens is 357 g/mol. The first-order valence-electron chi connectivity index (χ1n) is 7.26. The van der Waals surface area contributed by atoms with Crippen molar-refractivity contribution >= 4 is 34.4 Å². The van der Waals surface area contributed by atoms with E-state index in [2.05, 4.69) is 10.1 Å². The van der Waals surface area contributed by atoms with Crippen LogP contribution in [-0.4, -0.2) is 35.4 Å². The Kier molecular flexibility index (Phi) is 6.33. The molecule has 8 heteroatoms. The molecule has 0 spiro atoms. The standard InChI is InChI=1S/C15H19Cl2N3O2S/c1-3-6-23(22)11(2)15(21,8-20-10-18-9-19-20)13-5-4-12(16)7-14(13)17/h4-5,7,9-11,21H,3,6,8H2,1-2H3. The Balaban J connectivity index is 2.45. The first-order chi connectivity index (χ1) is 10.9. The van der Waals surface area contributed by atoms with Crippen molar-refractivity contribution in [1.29, 1.82) is 0 Å². The average molecular weight is 376 g/mol. The Morgan fingerprint density at radius 1 is 1.43 bits per heavy atom. The van der Waals surface area contributed by atoms with E-state index in [9.17, 15) is 9.66 Å². The lowest BCUT2D eigenvalue weighted by molar-refractivity contribution is 0.0144. The molecule has 0 aliphatic heterocycles. The summed E-state index contributed by atoms with van der Waals surface area (Å²) in [6.45, 7) is 3.81. The van der Waals surface area contributed by atoms with Crippen LogP contribution in [-0.2, 0) is 23.3 Å². The van der Waals surface area contributed by atoms with Gasteiger partial charge in [-0.25, -0.2) is 9.67 Å². The zero-order valence-electron chi connectivity index (χ0n) is 12.9. The van der Waals surface area contributed by atoms with E-state index in [0.717, 1.165) is 6.42 Å². The molecule has 23 heavy (non-hydrogen) atoms. The van der Waals surface area contributed by atoms with Gasteiger partial charge in [-0.15, -0.1) is 0 Å². The van der Waals surface area contributed by atoms with Crippen molar-refractivity contribution in [2.45, 2.75) is 37.7 Å². The Labute approximate surface area is 148 Å². The summed E-state index contributed by atoms with van der Waals surface area (Å²) >= 11 is 11.0. The van der Waals surface area contributed by atoms with Crippen molar-refractivity contribution in [3.05, 3.63) is 46.5 Å². The second-order valence-electron chi connectivity index (χ2n) is 5.37. The van der Waals surface area contributed by atoms with Gasteiger partial charge in [-0.2, -0.15) is 5.10 Å². The van der Waals surface area contributed by atoms with E-state index in [0.29, 0.717) is 21.4 Å². The highest BCUT2D eigenvalue weighted by molar-refractivity contribution is 7.92. The second-order valence-corrected chi connectivity index (χ2v) is 8.09. The Bertz CT molecular complexity index is 642. The van der Waals surface area contributed by atoms with Gasteiger partial charge < -0.3 is 9.66 Å². The number of hydrogen-bond donors (Lipinski definition) is 1. The quantitative estimate of drug-likeness (QED) is 0.754. The smallest absolute Gasteiger partial charge is 0.157 e. The molecule has 0 amide bonds. The minimum absolute atomic E-state index is 0.102. The Morgan fingerprint density at radius 3 is 2.74 bits per heavy atom. The number of halogens is 2. The van der Waals surface area contributed by atoms with E-state index in [1.165, 1.54) is 17.3 Å². The highest BCUT2D eigenvalue weighted by Gasteiger charge is 2.44. The molecule has 2 aromatic rings. The molecule has 1 heterocycles. The molecule has 0 aliphatic carbocycles. The first-order valence-corrected chi connectivity index (χ1v) is 9.39. The second kappa shape index (κ2) is 7.85. The lowest BCUT2D eigenvalue weighted by Gasteiger charge is -2.35. The van der Waals surface area contributed by atoms with Crippen molar-refractivity contribution in [2.24, 2.45) is 0 Å². The largest absolute Gasteiger partial charge is 0.616 e. The van der Waals surface area contributed by atoms with Gasteiger partial charge in [0.2, 0.25) is 0 Å². The Morgan fingerprint density at radius 2 is 2.17 bits per heavy atom. The molecule has 2 rings (SSSR count). The van der Waals surface area contributed by atoms with Crippen LogP contribution < -0.4 is 0 Å². The maximum Gasteiger partial charge on any atom is 0.157 e. The van der Waals surface area contributed by atoms with Crippen LogP contribution in [0.4, 0.5) is 0 Å². The van der Waals surface area contributed by atoms with Gasteiger partial charge in [0.1, 0.15) is 23.7 Å². The minimum atomic E-state index is -1.45. The molecule has 0 saturated carbocycles. The van der Waals surface area contributed by atoms with Gasteiger partial charge in [0.25, 0.3) is 0 Å². The van der Waals surface area contributed by atoms with Crippen molar-refractivity contribution in [1.82, 2.24) is 14.8 Å². The number of benzene rings is 1.